The standard InChI is InChI=1S/C25H22ClN7O3S/c26-22-6-5-21(37-22)20-13-17(31-36-20)14-33-19-4-2-1-3-18(19)30-24(33)35-25(34)29-16-8-11-32(12-9-16)23-7-10-27-15-28-23/h1-7,10,13,15-16H,8-9,11-12,14H2,(H,29,34). The van der Waals surface area contributed by atoms with Crippen LogP contribution in [0.2, 0.25) is 4.34 Å². The fourth-order valence-electron chi connectivity index (χ4n) is 4.40. The Kier molecular flexibility index (Phi) is 6.46. The Bertz CT molecular complexity index is 1530. The van der Waals surface area contributed by atoms with Gasteiger partial charge in [0.15, 0.2) is 5.76 Å². The van der Waals surface area contributed by atoms with Crippen LogP contribution in [-0.2, 0) is 6.54 Å². The van der Waals surface area contributed by atoms with Gasteiger partial charge in [-0.3, -0.25) is 4.57 Å². The van der Waals surface area contributed by atoms with Gasteiger partial charge in [-0.2, -0.15) is 4.98 Å². The third kappa shape index (κ3) is 5.13. The summed E-state index contributed by atoms with van der Waals surface area (Å²) >= 11 is 7.47. The molecule has 6 rings (SSSR count). The minimum absolute atomic E-state index is 0.000802. The number of imidazole rings is 1. The molecule has 1 aromatic carbocycles. The fraction of sp³-hybridized carbons (Fsp3) is 0.240. The van der Waals surface area contributed by atoms with Gasteiger partial charge in [0, 0.05) is 31.4 Å². The third-order valence-corrected chi connectivity index (χ3v) is 7.45. The van der Waals surface area contributed by atoms with Crippen molar-refractivity contribution < 1.29 is 14.1 Å². The summed E-state index contributed by atoms with van der Waals surface area (Å²) in [7, 11) is 0. The van der Waals surface area contributed by atoms with Crippen molar-refractivity contribution in [2.45, 2.75) is 25.4 Å². The average molecular weight is 536 g/mol. The number of hydrogen-bond acceptors (Lipinski definition) is 9. The van der Waals surface area contributed by atoms with Gasteiger partial charge >= 0.3 is 12.1 Å². The van der Waals surface area contributed by atoms with Gasteiger partial charge in [-0.25, -0.2) is 14.8 Å². The molecule has 37 heavy (non-hydrogen) atoms. The van der Waals surface area contributed by atoms with Crippen molar-refractivity contribution in [2.75, 3.05) is 18.0 Å². The maximum Gasteiger partial charge on any atom is 0.415 e. The molecule has 1 fully saturated rings. The van der Waals surface area contributed by atoms with Crippen LogP contribution >= 0.6 is 22.9 Å². The minimum Gasteiger partial charge on any atom is -0.375 e. The number of rotatable bonds is 6. The zero-order valence-corrected chi connectivity index (χ0v) is 21.2. The summed E-state index contributed by atoms with van der Waals surface area (Å²) in [6.45, 7) is 1.89. The van der Waals surface area contributed by atoms with Crippen LogP contribution in [0.25, 0.3) is 21.7 Å². The van der Waals surface area contributed by atoms with Gasteiger partial charge in [-0.05, 0) is 43.2 Å². The van der Waals surface area contributed by atoms with Crippen molar-refractivity contribution in [3.8, 4) is 16.6 Å². The third-order valence-electron chi connectivity index (χ3n) is 6.21. The first-order valence-electron chi connectivity index (χ1n) is 11.8. The molecule has 0 saturated carbocycles. The molecule has 5 heterocycles. The number of carbonyl (C=O) groups is 1. The molecular weight excluding hydrogens is 514 g/mol. The highest BCUT2D eigenvalue weighted by molar-refractivity contribution is 7.19. The molecule has 1 aliphatic heterocycles. The molecule has 0 aliphatic carbocycles. The highest BCUT2D eigenvalue weighted by atomic mass is 35.5. The number of fused-ring (bicyclic) bond motifs is 1. The zero-order valence-electron chi connectivity index (χ0n) is 19.6. The van der Waals surface area contributed by atoms with Gasteiger partial charge in [0.25, 0.3) is 0 Å². The van der Waals surface area contributed by atoms with Crippen LogP contribution in [0.4, 0.5) is 10.6 Å². The van der Waals surface area contributed by atoms with E-state index in [1.54, 1.807) is 12.5 Å². The number of carbonyl (C=O) groups excluding carboxylic acids is 1. The molecule has 1 aliphatic rings. The number of nitrogens with one attached hydrogen (secondary N) is 1. The second kappa shape index (κ2) is 10.2. The Morgan fingerprint density at radius 2 is 2.05 bits per heavy atom. The van der Waals surface area contributed by atoms with E-state index in [0.29, 0.717) is 22.3 Å². The topological polar surface area (TPSA) is 111 Å². The van der Waals surface area contributed by atoms with Gasteiger partial charge in [0.2, 0.25) is 0 Å². The lowest BCUT2D eigenvalue weighted by molar-refractivity contribution is 0.188. The van der Waals surface area contributed by atoms with E-state index >= 15 is 0 Å². The van der Waals surface area contributed by atoms with Crippen LogP contribution in [-0.4, -0.2) is 49.9 Å². The van der Waals surface area contributed by atoms with E-state index in [2.05, 4.69) is 30.3 Å². The number of amides is 1. The van der Waals surface area contributed by atoms with Gasteiger partial charge < -0.3 is 19.5 Å². The molecule has 10 nitrogen and oxygen atoms in total. The zero-order chi connectivity index (χ0) is 25.2. The Morgan fingerprint density at radius 3 is 2.84 bits per heavy atom. The average Bonchev–Trinajstić information content (AvgIpc) is 3.65. The number of anilines is 1. The highest BCUT2D eigenvalue weighted by Crippen LogP contribution is 2.32. The molecule has 12 heteroatoms. The Balaban J connectivity index is 1.14. The van der Waals surface area contributed by atoms with Crippen LogP contribution in [0.1, 0.15) is 18.5 Å². The number of nitrogens with zero attached hydrogens (tertiary/aromatic N) is 6. The number of benzene rings is 1. The molecule has 188 valence electrons. The van der Waals surface area contributed by atoms with E-state index in [-0.39, 0.29) is 12.1 Å². The fourth-order valence-corrected chi connectivity index (χ4v) is 5.39. The number of hydrogen-bond donors (Lipinski definition) is 1. The monoisotopic (exact) mass is 535 g/mol. The summed E-state index contributed by atoms with van der Waals surface area (Å²) in [6, 6.07) is 15.3. The van der Waals surface area contributed by atoms with Crippen molar-refractivity contribution in [2.24, 2.45) is 0 Å². The largest absolute Gasteiger partial charge is 0.415 e. The number of para-hydroxylation sites is 2. The first-order chi connectivity index (χ1) is 18.1. The first kappa shape index (κ1) is 23.4. The van der Waals surface area contributed by atoms with Gasteiger partial charge in [-0.15, -0.1) is 11.3 Å². The number of thiophene rings is 1. The van der Waals surface area contributed by atoms with Crippen molar-refractivity contribution in [1.29, 1.82) is 0 Å². The number of aromatic nitrogens is 5. The summed E-state index contributed by atoms with van der Waals surface area (Å²) in [5.74, 6) is 1.52. The molecule has 0 bridgehead atoms. The molecule has 1 amide bonds. The van der Waals surface area contributed by atoms with Crippen molar-refractivity contribution >= 4 is 45.9 Å². The van der Waals surface area contributed by atoms with Crippen LogP contribution in [0.3, 0.4) is 0 Å². The Hall–Kier alpha value is -3.96. The molecule has 0 radical (unpaired) electrons. The van der Waals surface area contributed by atoms with E-state index in [1.807, 2.05) is 53.1 Å². The number of ether oxygens (including phenoxy) is 1. The molecule has 0 unspecified atom stereocenters. The molecule has 1 N–H and O–H groups in total. The summed E-state index contributed by atoms with van der Waals surface area (Å²) < 4.78 is 13.7. The maximum atomic E-state index is 12.8. The predicted molar refractivity (Wildman–Crippen MR) is 140 cm³/mol. The van der Waals surface area contributed by atoms with E-state index < -0.39 is 6.09 Å². The van der Waals surface area contributed by atoms with Crippen LogP contribution in [0.15, 0.2) is 65.6 Å². The lowest BCUT2D eigenvalue weighted by atomic mass is 10.1. The molecule has 4 aromatic heterocycles. The van der Waals surface area contributed by atoms with Gasteiger partial charge in [-0.1, -0.05) is 28.9 Å². The minimum atomic E-state index is -0.536. The van der Waals surface area contributed by atoms with Crippen molar-refractivity contribution in [3.05, 3.63) is 71.1 Å². The normalized spacial score (nSPS) is 14.2. The van der Waals surface area contributed by atoms with Crippen LogP contribution in [0, 0.1) is 0 Å². The first-order valence-corrected chi connectivity index (χ1v) is 13.0. The molecule has 1 saturated heterocycles. The van der Waals surface area contributed by atoms with Crippen LogP contribution < -0.4 is 15.0 Å². The second-order valence-corrected chi connectivity index (χ2v) is 10.3. The lowest BCUT2D eigenvalue weighted by Gasteiger charge is -2.32. The summed E-state index contributed by atoms with van der Waals surface area (Å²) in [5, 5.41) is 7.18. The van der Waals surface area contributed by atoms with Crippen molar-refractivity contribution in [1.82, 2.24) is 30.0 Å². The van der Waals surface area contributed by atoms with E-state index in [0.717, 1.165) is 47.7 Å². The number of halogens is 1. The SMILES string of the molecule is O=C(NC1CCN(c2ccncn2)CC1)Oc1nc2ccccc2n1Cc1cc(-c2ccc(Cl)s2)on1. The summed E-state index contributed by atoms with van der Waals surface area (Å²) in [6.07, 6.45) is 4.30. The highest BCUT2D eigenvalue weighted by Gasteiger charge is 2.24. The molecule has 0 spiro atoms. The van der Waals surface area contributed by atoms with Crippen molar-refractivity contribution in [3.63, 3.8) is 0 Å². The Morgan fingerprint density at radius 1 is 1.19 bits per heavy atom. The van der Waals surface area contributed by atoms with Gasteiger partial charge in [0.05, 0.1) is 26.8 Å². The molecule has 0 atom stereocenters. The maximum absolute atomic E-state index is 12.8. The second-order valence-electron chi connectivity index (χ2n) is 8.62. The summed E-state index contributed by atoms with van der Waals surface area (Å²) in [4.78, 5) is 28.7. The van der Waals surface area contributed by atoms with Gasteiger partial charge in [0.1, 0.15) is 17.8 Å². The molecular formula is C25H22ClN7O3S. The quantitative estimate of drug-likeness (QED) is 0.323. The van der Waals surface area contributed by atoms with Crippen LogP contribution in [0.5, 0.6) is 6.01 Å². The lowest BCUT2D eigenvalue weighted by Crippen LogP contribution is -2.45. The Labute approximate surface area is 220 Å². The summed E-state index contributed by atoms with van der Waals surface area (Å²) in [5.41, 5.74) is 2.22. The van der Waals surface area contributed by atoms with E-state index in [9.17, 15) is 4.79 Å². The predicted octanol–water partition coefficient (Wildman–Crippen LogP) is 5.00. The van der Waals surface area contributed by atoms with E-state index in [4.69, 9.17) is 20.9 Å². The smallest absolute Gasteiger partial charge is 0.375 e. The molecule has 5 aromatic rings. The van der Waals surface area contributed by atoms with E-state index in [1.165, 1.54) is 11.3 Å². The number of piperidine rings is 1.